The second-order valence-corrected chi connectivity index (χ2v) is 11.4. The molecule has 0 radical (unpaired) electrons. The van der Waals surface area contributed by atoms with E-state index in [2.05, 4.69) is 75.3 Å². The molecule has 0 fully saturated rings. The average Bonchev–Trinajstić information content (AvgIpc) is 2.37. The number of hydrogen-bond acceptors (Lipinski definition) is 1. The van der Waals surface area contributed by atoms with E-state index in [1.165, 1.54) is 16.7 Å². The van der Waals surface area contributed by atoms with Crippen LogP contribution < -0.4 is 5.32 Å². The fourth-order valence-corrected chi connectivity index (χ4v) is 4.47. The van der Waals surface area contributed by atoms with Gasteiger partial charge in [0.2, 0.25) is 0 Å². The maximum absolute atomic E-state index is 3.59. The van der Waals surface area contributed by atoms with Crippen LogP contribution in [-0.4, -0.2) is 8.07 Å². The van der Waals surface area contributed by atoms with E-state index in [4.69, 9.17) is 0 Å². The lowest BCUT2D eigenvalue weighted by atomic mass is 9.97. The highest BCUT2D eigenvalue weighted by Crippen LogP contribution is 2.31. The Labute approximate surface area is 118 Å². The molecule has 1 nitrogen and oxygen atoms in total. The predicted molar refractivity (Wildman–Crippen MR) is 86.9 cm³/mol. The zero-order valence-corrected chi connectivity index (χ0v) is 13.7. The molecule has 0 spiro atoms. The van der Waals surface area contributed by atoms with Crippen LogP contribution >= 0.6 is 0 Å². The number of hydrogen-bond donors (Lipinski definition) is 1. The summed E-state index contributed by atoms with van der Waals surface area (Å²) in [6.45, 7) is 11.7. The molecule has 0 saturated carbocycles. The van der Waals surface area contributed by atoms with Gasteiger partial charge in [-0.25, -0.2) is 0 Å². The molecule has 2 heteroatoms. The van der Waals surface area contributed by atoms with Crippen LogP contribution in [0.3, 0.4) is 0 Å². The lowest BCUT2D eigenvalue weighted by molar-refractivity contribution is 0.724. The van der Waals surface area contributed by atoms with Gasteiger partial charge < -0.3 is 5.32 Å². The van der Waals surface area contributed by atoms with Gasteiger partial charge in [-0.05, 0) is 41.4 Å². The van der Waals surface area contributed by atoms with E-state index in [-0.39, 0.29) is 0 Å². The number of nitrogens with one attached hydrogen (secondary N) is 1. The molecule has 1 atom stereocenters. The number of aryl methyl sites for hydroxylation is 1. The molecular formula is C17H25NSi. The van der Waals surface area contributed by atoms with Gasteiger partial charge in [0.05, 0.1) is 14.1 Å². The second kappa shape index (κ2) is 5.38. The maximum Gasteiger partial charge on any atom is 0.0798 e. The third-order valence-electron chi connectivity index (χ3n) is 3.83. The van der Waals surface area contributed by atoms with Crippen LogP contribution in [0.1, 0.15) is 30.5 Å². The summed E-state index contributed by atoms with van der Waals surface area (Å²) in [4.78, 5) is 0. The Morgan fingerprint density at radius 3 is 2.42 bits per heavy atom. The number of benzene rings is 1. The first kappa shape index (κ1) is 14.1. The summed E-state index contributed by atoms with van der Waals surface area (Å²) in [5, 5.41) is 5.16. The fraction of sp³-hybridized carbons (Fsp3) is 0.412. The van der Waals surface area contributed by atoms with Crippen molar-refractivity contribution < 1.29 is 0 Å². The molecule has 0 amide bonds. The van der Waals surface area contributed by atoms with Gasteiger partial charge in [0, 0.05) is 0 Å². The van der Waals surface area contributed by atoms with Crippen molar-refractivity contribution in [2.45, 2.75) is 46.0 Å². The van der Waals surface area contributed by atoms with Crippen molar-refractivity contribution in [3.8, 4) is 0 Å². The minimum absolute atomic E-state index is 0.330. The SMILES string of the molecule is CCC1=CC(c2ccccc2C)NC=C1[Si](C)(C)C. The minimum Gasteiger partial charge on any atom is -0.381 e. The summed E-state index contributed by atoms with van der Waals surface area (Å²) < 4.78 is 0. The van der Waals surface area contributed by atoms with Crippen molar-refractivity contribution in [1.29, 1.82) is 0 Å². The quantitative estimate of drug-likeness (QED) is 0.783. The summed E-state index contributed by atoms with van der Waals surface area (Å²) in [6.07, 6.45) is 5.83. The second-order valence-electron chi connectivity index (χ2n) is 6.35. The van der Waals surface area contributed by atoms with Gasteiger partial charge in [-0.15, -0.1) is 0 Å². The summed E-state index contributed by atoms with van der Waals surface area (Å²) in [6, 6.07) is 8.98. The zero-order chi connectivity index (χ0) is 14.0. The van der Waals surface area contributed by atoms with Crippen LogP contribution in [0.25, 0.3) is 0 Å². The molecule has 102 valence electrons. The standard InChI is InChI=1S/C17H25NSi/c1-6-14-11-16(15-10-8-7-9-13(15)2)18-12-17(14)19(3,4)5/h7-12,16,18H,6H2,1-5H3. The van der Waals surface area contributed by atoms with Gasteiger partial charge in [-0.2, -0.15) is 0 Å². The topological polar surface area (TPSA) is 12.0 Å². The minimum atomic E-state index is -1.25. The largest absolute Gasteiger partial charge is 0.381 e. The van der Waals surface area contributed by atoms with Crippen molar-refractivity contribution in [2.75, 3.05) is 0 Å². The van der Waals surface area contributed by atoms with Crippen LogP contribution in [0.2, 0.25) is 19.6 Å². The van der Waals surface area contributed by atoms with Crippen LogP contribution in [0.5, 0.6) is 0 Å². The van der Waals surface area contributed by atoms with Gasteiger partial charge in [-0.1, -0.05) is 56.9 Å². The first-order valence-corrected chi connectivity index (χ1v) is 10.7. The summed E-state index contributed by atoms with van der Waals surface area (Å²) in [7, 11) is -1.25. The van der Waals surface area contributed by atoms with Gasteiger partial charge in [-0.3, -0.25) is 0 Å². The van der Waals surface area contributed by atoms with Crippen molar-refractivity contribution in [1.82, 2.24) is 5.32 Å². The summed E-state index contributed by atoms with van der Waals surface area (Å²) >= 11 is 0. The molecule has 1 N–H and O–H groups in total. The Bertz CT molecular complexity index is 520. The van der Waals surface area contributed by atoms with Gasteiger partial charge in [0.1, 0.15) is 0 Å². The van der Waals surface area contributed by atoms with E-state index >= 15 is 0 Å². The lowest BCUT2D eigenvalue weighted by Gasteiger charge is -2.30. The third-order valence-corrected chi connectivity index (χ3v) is 5.91. The smallest absolute Gasteiger partial charge is 0.0798 e. The van der Waals surface area contributed by atoms with E-state index in [1.807, 2.05) is 0 Å². The third kappa shape index (κ3) is 3.00. The van der Waals surface area contributed by atoms with E-state index in [0.29, 0.717) is 6.04 Å². The summed E-state index contributed by atoms with van der Waals surface area (Å²) in [5.41, 5.74) is 4.28. The number of rotatable bonds is 3. The van der Waals surface area contributed by atoms with Gasteiger partial charge in [0.25, 0.3) is 0 Å². The highest BCUT2D eigenvalue weighted by molar-refractivity contribution is 6.84. The zero-order valence-electron chi connectivity index (χ0n) is 12.7. The molecule has 0 aromatic heterocycles. The Morgan fingerprint density at radius 1 is 1.16 bits per heavy atom. The molecule has 2 rings (SSSR count). The molecule has 1 unspecified atom stereocenters. The Kier molecular flexibility index (Phi) is 4.00. The monoisotopic (exact) mass is 271 g/mol. The van der Waals surface area contributed by atoms with Crippen LogP contribution in [0.15, 0.2) is 47.3 Å². The highest BCUT2D eigenvalue weighted by Gasteiger charge is 2.26. The first-order chi connectivity index (χ1) is 8.93. The molecule has 19 heavy (non-hydrogen) atoms. The van der Waals surface area contributed by atoms with Crippen LogP contribution in [0, 0.1) is 6.92 Å². The Hall–Kier alpha value is -1.28. The molecule has 1 aliphatic heterocycles. The molecule has 1 heterocycles. The number of dihydropyridines is 1. The Balaban J connectivity index is 2.34. The molecule has 1 aliphatic rings. The van der Waals surface area contributed by atoms with Crippen LogP contribution in [0.4, 0.5) is 0 Å². The molecule has 0 bridgehead atoms. The molecule has 0 aliphatic carbocycles. The molecule has 0 saturated heterocycles. The normalized spacial score (nSPS) is 19.5. The molecule has 1 aromatic carbocycles. The van der Waals surface area contributed by atoms with E-state index in [1.54, 1.807) is 5.20 Å². The molecule has 1 aromatic rings. The lowest BCUT2D eigenvalue weighted by Crippen LogP contribution is -2.31. The van der Waals surface area contributed by atoms with E-state index < -0.39 is 8.07 Å². The first-order valence-electron chi connectivity index (χ1n) is 7.16. The van der Waals surface area contributed by atoms with E-state index in [9.17, 15) is 0 Å². The van der Waals surface area contributed by atoms with Crippen molar-refractivity contribution in [3.05, 3.63) is 58.4 Å². The van der Waals surface area contributed by atoms with Gasteiger partial charge in [0.15, 0.2) is 0 Å². The molecular weight excluding hydrogens is 246 g/mol. The van der Waals surface area contributed by atoms with Crippen molar-refractivity contribution in [2.24, 2.45) is 0 Å². The highest BCUT2D eigenvalue weighted by atomic mass is 28.3. The van der Waals surface area contributed by atoms with Crippen LogP contribution in [-0.2, 0) is 0 Å². The summed E-state index contributed by atoms with van der Waals surface area (Å²) in [5.74, 6) is 0. The van der Waals surface area contributed by atoms with Gasteiger partial charge >= 0.3 is 0 Å². The maximum atomic E-state index is 3.59. The fourth-order valence-electron chi connectivity index (χ4n) is 2.73. The Morgan fingerprint density at radius 2 is 1.84 bits per heavy atom. The van der Waals surface area contributed by atoms with E-state index in [0.717, 1.165) is 6.42 Å². The predicted octanol–water partition coefficient (Wildman–Crippen LogP) is 4.74. The number of allylic oxidation sites excluding steroid dienone is 2. The van der Waals surface area contributed by atoms with Crippen molar-refractivity contribution >= 4 is 8.07 Å². The van der Waals surface area contributed by atoms with Crippen molar-refractivity contribution in [3.63, 3.8) is 0 Å². The average molecular weight is 271 g/mol.